The number of para-hydroxylation sites is 1. The molecule has 3 rings (SSSR count). The zero-order chi connectivity index (χ0) is 19.4. The maximum Gasteiger partial charge on any atom is 0.254 e. The maximum atomic E-state index is 13.5. The Labute approximate surface area is 154 Å². The van der Waals surface area contributed by atoms with Crippen molar-refractivity contribution in [1.82, 2.24) is 4.57 Å². The minimum atomic E-state index is -1.09. The number of pyridine rings is 1. The number of hydrogen-bond donors (Lipinski definition) is 1. The van der Waals surface area contributed by atoms with Crippen molar-refractivity contribution in [2.45, 2.75) is 12.8 Å². The van der Waals surface area contributed by atoms with Crippen molar-refractivity contribution < 1.29 is 18.3 Å². The molecule has 7 heteroatoms. The second-order valence-electron chi connectivity index (χ2n) is 6.02. The van der Waals surface area contributed by atoms with Gasteiger partial charge in [-0.15, -0.1) is 0 Å². The maximum absolute atomic E-state index is 13.5. The Morgan fingerprint density at radius 3 is 2.74 bits per heavy atom. The normalized spacial score (nSPS) is 10.8. The summed E-state index contributed by atoms with van der Waals surface area (Å²) in [5, 5.41) is 3.13. The number of carbonyl (C=O) groups excluding carboxylic acids is 1. The highest BCUT2D eigenvalue weighted by molar-refractivity contribution is 5.90. The van der Waals surface area contributed by atoms with Crippen LogP contribution in [0.1, 0.15) is 12.8 Å². The summed E-state index contributed by atoms with van der Waals surface area (Å²) in [6, 6.07) is 12.4. The van der Waals surface area contributed by atoms with Crippen LogP contribution in [0.2, 0.25) is 0 Å². The van der Waals surface area contributed by atoms with E-state index in [2.05, 4.69) is 5.32 Å². The molecular formula is C20H18F2N2O3. The lowest BCUT2D eigenvalue weighted by atomic mass is 10.2. The first-order chi connectivity index (χ1) is 13.0. The number of ether oxygens (including phenoxy) is 1. The molecule has 1 aromatic heterocycles. The van der Waals surface area contributed by atoms with Gasteiger partial charge in [0.25, 0.3) is 5.56 Å². The minimum Gasteiger partial charge on any atom is -0.493 e. The van der Waals surface area contributed by atoms with Crippen LogP contribution in [0.15, 0.2) is 53.3 Å². The van der Waals surface area contributed by atoms with Gasteiger partial charge in [-0.2, -0.15) is 0 Å². The third kappa shape index (κ3) is 4.13. The van der Waals surface area contributed by atoms with Gasteiger partial charge in [0, 0.05) is 24.9 Å². The average molecular weight is 372 g/mol. The van der Waals surface area contributed by atoms with Crippen molar-refractivity contribution in [2.75, 3.05) is 11.9 Å². The van der Waals surface area contributed by atoms with Crippen molar-refractivity contribution in [1.29, 1.82) is 0 Å². The summed E-state index contributed by atoms with van der Waals surface area (Å²) in [5.41, 5.74) is 0.362. The van der Waals surface area contributed by atoms with Crippen LogP contribution in [-0.4, -0.2) is 17.1 Å². The van der Waals surface area contributed by atoms with Gasteiger partial charge in [0.05, 0.1) is 17.8 Å². The molecule has 3 aromatic rings. The van der Waals surface area contributed by atoms with Crippen LogP contribution in [0.25, 0.3) is 10.9 Å². The summed E-state index contributed by atoms with van der Waals surface area (Å²) in [6.07, 6.45) is 0.422. The lowest BCUT2D eigenvalue weighted by Gasteiger charge is -2.11. The number of benzene rings is 2. The van der Waals surface area contributed by atoms with Crippen LogP contribution in [0.5, 0.6) is 5.75 Å². The van der Waals surface area contributed by atoms with E-state index in [1.54, 1.807) is 7.05 Å². The predicted molar refractivity (Wildman–Crippen MR) is 98.9 cm³/mol. The number of halogens is 2. The number of aromatic nitrogens is 1. The molecule has 0 aliphatic heterocycles. The Kier molecular flexibility index (Phi) is 5.49. The highest BCUT2D eigenvalue weighted by Crippen LogP contribution is 2.23. The zero-order valence-corrected chi connectivity index (χ0v) is 14.7. The summed E-state index contributed by atoms with van der Waals surface area (Å²) in [5.74, 6) is -2.11. The quantitative estimate of drug-likeness (QED) is 0.673. The van der Waals surface area contributed by atoms with Gasteiger partial charge in [-0.25, -0.2) is 8.78 Å². The van der Waals surface area contributed by atoms with Crippen LogP contribution in [-0.2, 0) is 11.8 Å². The molecule has 0 aliphatic carbocycles. The molecule has 5 nitrogen and oxygen atoms in total. The largest absolute Gasteiger partial charge is 0.493 e. The first-order valence-electron chi connectivity index (χ1n) is 8.43. The molecule has 140 valence electrons. The van der Waals surface area contributed by atoms with E-state index in [1.807, 2.05) is 24.3 Å². The van der Waals surface area contributed by atoms with E-state index in [0.29, 0.717) is 12.2 Å². The SMILES string of the molecule is Cn1c(=O)cc(OCCCC(=O)Nc2cccc(F)c2F)c2ccccc21. The van der Waals surface area contributed by atoms with E-state index >= 15 is 0 Å². The average Bonchev–Trinajstić information content (AvgIpc) is 2.66. The van der Waals surface area contributed by atoms with Crippen molar-refractivity contribution >= 4 is 22.5 Å². The Morgan fingerprint density at radius 2 is 1.93 bits per heavy atom. The van der Waals surface area contributed by atoms with E-state index in [4.69, 9.17) is 4.74 Å². The molecule has 27 heavy (non-hydrogen) atoms. The van der Waals surface area contributed by atoms with Gasteiger partial charge in [0.2, 0.25) is 5.91 Å². The number of anilines is 1. The molecule has 0 saturated heterocycles. The number of amides is 1. The smallest absolute Gasteiger partial charge is 0.254 e. The number of rotatable bonds is 6. The molecule has 0 spiro atoms. The summed E-state index contributed by atoms with van der Waals surface area (Å²) in [6.45, 7) is 0.205. The Morgan fingerprint density at radius 1 is 1.15 bits per heavy atom. The second kappa shape index (κ2) is 7.99. The van der Waals surface area contributed by atoms with Crippen LogP contribution in [0.4, 0.5) is 14.5 Å². The van der Waals surface area contributed by atoms with Crippen molar-refractivity contribution in [2.24, 2.45) is 7.05 Å². The molecule has 0 fully saturated rings. The fourth-order valence-corrected chi connectivity index (χ4v) is 2.73. The lowest BCUT2D eigenvalue weighted by molar-refractivity contribution is -0.116. The van der Waals surface area contributed by atoms with Crippen LogP contribution in [0.3, 0.4) is 0 Å². The fourth-order valence-electron chi connectivity index (χ4n) is 2.73. The van der Waals surface area contributed by atoms with E-state index in [0.717, 1.165) is 17.0 Å². The first kappa shape index (κ1) is 18.6. The standard InChI is InChI=1S/C20H18F2N2O3/c1-24-16-9-3-2-6-13(16)17(12-19(24)26)27-11-5-10-18(25)23-15-8-4-7-14(21)20(15)22/h2-4,6-9,12H,5,10-11H2,1H3,(H,23,25). The molecule has 1 amide bonds. The van der Waals surface area contributed by atoms with Crippen LogP contribution < -0.4 is 15.6 Å². The summed E-state index contributed by atoms with van der Waals surface area (Å²) >= 11 is 0. The molecular weight excluding hydrogens is 354 g/mol. The number of aryl methyl sites for hydroxylation is 1. The van der Waals surface area contributed by atoms with Gasteiger partial charge in [-0.3, -0.25) is 9.59 Å². The number of nitrogens with zero attached hydrogens (tertiary/aromatic N) is 1. The predicted octanol–water partition coefficient (Wildman–Crippen LogP) is 3.61. The third-order valence-electron chi connectivity index (χ3n) is 4.15. The van der Waals surface area contributed by atoms with Crippen molar-refractivity contribution in [3.8, 4) is 5.75 Å². The topological polar surface area (TPSA) is 60.3 Å². The van der Waals surface area contributed by atoms with Crippen molar-refractivity contribution in [3.63, 3.8) is 0 Å². The highest BCUT2D eigenvalue weighted by atomic mass is 19.2. The number of nitrogens with one attached hydrogen (secondary N) is 1. The molecule has 0 radical (unpaired) electrons. The lowest BCUT2D eigenvalue weighted by Crippen LogP contribution is -2.17. The van der Waals surface area contributed by atoms with Gasteiger partial charge in [0.1, 0.15) is 5.75 Å². The van der Waals surface area contributed by atoms with E-state index in [1.165, 1.54) is 22.8 Å². The molecule has 1 N–H and O–H groups in total. The van der Waals surface area contributed by atoms with Gasteiger partial charge in [-0.05, 0) is 30.7 Å². The van der Waals surface area contributed by atoms with Crippen molar-refractivity contribution in [3.05, 3.63) is 70.5 Å². The second-order valence-corrected chi connectivity index (χ2v) is 6.02. The van der Waals surface area contributed by atoms with Gasteiger partial charge in [0.15, 0.2) is 11.6 Å². The van der Waals surface area contributed by atoms with E-state index in [-0.39, 0.29) is 24.3 Å². The third-order valence-corrected chi connectivity index (χ3v) is 4.15. The molecule has 0 bridgehead atoms. The molecule has 0 unspecified atom stereocenters. The Bertz CT molecular complexity index is 1050. The summed E-state index contributed by atoms with van der Waals surface area (Å²) in [7, 11) is 1.68. The number of carbonyl (C=O) groups is 1. The van der Waals surface area contributed by atoms with Gasteiger partial charge >= 0.3 is 0 Å². The van der Waals surface area contributed by atoms with Crippen LogP contribution in [0, 0.1) is 11.6 Å². The van der Waals surface area contributed by atoms with Gasteiger partial charge in [-0.1, -0.05) is 18.2 Å². The first-order valence-corrected chi connectivity index (χ1v) is 8.43. The number of hydrogen-bond acceptors (Lipinski definition) is 3. The summed E-state index contributed by atoms with van der Waals surface area (Å²) in [4.78, 5) is 23.9. The minimum absolute atomic E-state index is 0.0682. The highest BCUT2D eigenvalue weighted by Gasteiger charge is 2.11. The Hall–Kier alpha value is -3.22. The Balaban J connectivity index is 1.59. The molecule has 1 heterocycles. The fraction of sp³-hybridized carbons (Fsp3) is 0.200. The number of fused-ring (bicyclic) bond motifs is 1. The van der Waals surface area contributed by atoms with E-state index < -0.39 is 17.5 Å². The molecule has 0 atom stereocenters. The van der Waals surface area contributed by atoms with Gasteiger partial charge < -0.3 is 14.6 Å². The zero-order valence-electron chi connectivity index (χ0n) is 14.7. The van der Waals surface area contributed by atoms with Crippen LogP contribution >= 0.6 is 0 Å². The van der Waals surface area contributed by atoms with E-state index in [9.17, 15) is 18.4 Å². The molecule has 2 aromatic carbocycles. The molecule has 0 aliphatic rings. The monoisotopic (exact) mass is 372 g/mol. The summed E-state index contributed by atoms with van der Waals surface area (Å²) < 4.78 is 33.9. The molecule has 0 saturated carbocycles.